The lowest BCUT2D eigenvalue weighted by atomic mass is 10.0. The van der Waals surface area contributed by atoms with Crippen LogP contribution in [0.15, 0.2) is 0 Å². The molecule has 0 spiro atoms. The van der Waals surface area contributed by atoms with Crippen molar-refractivity contribution < 1.29 is 18.0 Å². The Balaban J connectivity index is 2.14. The molecule has 2 rings (SSSR count). The number of hydrogen-bond acceptors (Lipinski definition) is 4. The van der Waals surface area contributed by atoms with E-state index >= 15 is 0 Å². The molecule has 2 heterocycles. The number of rotatable bonds is 2. The van der Waals surface area contributed by atoms with Crippen molar-refractivity contribution in [2.75, 3.05) is 26.2 Å². The molecule has 1 N–H and O–H groups in total. The Bertz CT molecular complexity index is 446. The molecule has 7 nitrogen and oxygen atoms in total. The summed E-state index contributed by atoms with van der Waals surface area (Å²) >= 11 is 0. The highest BCUT2D eigenvalue weighted by atomic mass is 32.2. The van der Waals surface area contributed by atoms with Crippen LogP contribution in [-0.4, -0.2) is 55.0 Å². The summed E-state index contributed by atoms with van der Waals surface area (Å²) in [6, 6.07) is 0. The van der Waals surface area contributed by atoms with Crippen molar-refractivity contribution in [3.63, 3.8) is 0 Å². The smallest absolute Gasteiger partial charge is 0.282 e. The van der Waals surface area contributed by atoms with Gasteiger partial charge in [-0.3, -0.25) is 14.9 Å². The maximum Gasteiger partial charge on any atom is 0.282 e. The summed E-state index contributed by atoms with van der Waals surface area (Å²) in [5, 5.41) is 2.09. The van der Waals surface area contributed by atoms with E-state index in [0.29, 0.717) is 19.0 Å². The molecule has 102 valence electrons. The highest BCUT2D eigenvalue weighted by Crippen LogP contribution is 2.20. The standard InChI is InChI=1S/C10H17N3O4S/c1-8-3-2-4-12(5-8)18(16,17)13-6-9(14)11-10(15)7-13/h8H,2-7H2,1H3,(H,11,14,15). The first-order chi connectivity index (χ1) is 8.39. The average Bonchev–Trinajstić information content (AvgIpc) is 2.27. The zero-order valence-electron chi connectivity index (χ0n) is 10.3. The Labute approximate surface area is 106 Å². The third-order valence-electron chi connectivity index (χ3n) is 3.19. The van der Waals surface area contributed by atoms with Gasteiger partial charge in [-0.1, -0.05) is 6.92 Å². The van der Waals surface area contributed by atoms with Crippen molar-refractivity contribution in [2.24, 2.45) is 5.92 Å². The van der Waals surface area contributed by atoms with E-state index < -0.39 is 22.0 Å². The summed E-state index contributed by atoms with van der Waals surface area (Å²) in [6.45, 7) is 2.35. The van der Waals surface area contributed by atoms with Crippen LogP contribution in [0.2, 0.25) is 0 Å². The van der Waals surface area contributed by atoms with Crippen molar-refractivity contribution in [1.82, 2.24) is 13.9 Å². The highest BCUT2D eigenvalue weighted by Gasteiger charge is 2.37. The minimum absolute atomic E-state index is 0.279. The molecule has 0 aliphatic carbocycles. The topological polar surface area (TPSA) is 86.8 Å². The molecule has 8 heteroatoms. The number of nitrogens with zero attached hydrogens (tertiary/aromatic N) is 2. The van der Waals surface area contributed by atoms with Gasteiger partial charge in [0.1, 0.15) is 0 Å². The number of piperazine rings is 1. The van der Waals surface area contributed by atoms with Crippen LogP contribution < -0.4 is 5.32 Å². The predicted molar refractivity (Wildman–Crippen MR) is 63.6 cm³/mol. The van der Waals surface area contributed by atoms with E-state index in [1.54, 1.807) is 0 Å². The van der Waals surface area contributed by atoms with Crippen molar-refractivity contribution in [3.8, 4) is 0 Å². The fraction of sp³-hybridized carbons (Fsp3) is 0.800. The molecule has 18 heavy (non-hydrogen) atoms. The van der Waals surface area contributed by atoms with Gasteiger partial charge >= 0.3 is 0 Å². The maximum atomic E-state index is 12.3. The molecule has 0 saturated carbocycles. The van der Waals surface area contributed by atoms with E-state index in [1.807, 2.05) is 6.92 Å². The predicted octanol–water partition coefficient (Wildman–Crippen LogP) is -1.08. The summed E-state index contributed by atoms with van der Waals surface area (Å²) in [6.07, 6.45) is 1.82. The van der Waals surface area contributed by atoms with Gasteiger partial charge in [-0.05, 0) is 18.8 Å². The van der Waals surface area contributed by atoms with Crippen molar-refractivity contribution in [2.45, 2.75) is 19.8 Å². The minimum atomic E-state index is -3.70. The number of amides is 2. The molecule has 0 radical (unpaired) electrons. The first-order valence-corrected chi connectivity index (χ1v) is 7.37. The van der Waals surface area contributed by atoms with Gasteiger partial charge in [0.25, 0.3) is 10.2 Å². The fourth-order valence-electron chi connectivity index (χ4n) is 2.29. The molecule has 0 aromatic rings. The Morgan fingerprint density at radius 3 is 2.33 bits per heavy atom. The summed E-state index contributed by atoms with van der Waals surface area (Å²) < 4.78 is 26.9. The average molecular weight is 275 g/mol. The highest BCUT2D eigenvalue weighted by molar-refractivity contribution is 7.86. The van der Waals surface area contributed by atoms with E-state index in [9.17, 15) is 18.0 Å². The van der Waals surface area contributed by atoms with Gasteiger partial charge in [0, 0.05) is 13.1 Å². The summed E-state index contributed by atoms with van der Waals surface area (Å²) in [5.74, 6) is -0.831. The van der Waals surface area contributed by atoms with Crippen LogP contribution >= 0.6 is 0 Å². The second kappa shape index (κ2) is 4.94. The molecule has 2 fully saturated rings. The molecule has 2 aliphatic heterocycles. The summed E-state index contributed by atoms with van der Waals surface area (Å²) in [4.78, 5) is 22.4. The van der Waals surface area contributed by atoms with E-state index in [0.717, 1.165) is 17.1 Å². The fourth-order valence-corrected chi connectivity index (χ4v) is 3.98. The van der Waals surface area contributed by atoms with Crippen molar-refractivity contribution >= 4 is 22.0 Å². The van der Waals surface area contributed by atoms with Crippen LogP contribution in [0.3, 0.4) is 0 Å². The second-order valence-corrected chi connectivity index (χ2v) is 6.78. The number of carbonyl (C=O) groups is 2. The Kier molecular flexibility index (Phi) is 3.69. The zero-order valence-corrected chi connectivity index (χ0v) is 11.1. The number of imide groups is 1. The molecule has 1 atom stereocenters. The molecular formula is C10H17N3O4S. The van der Waals surface area contributed by atoms with E-state index in [4.69, 9.17) is 0 Å². The number of hydrogen-bond donors (Lipinski definition) is 1. The van der Waals surface area contributed by atoms with Crippen LogP contribution in [-0.2, 0) is 19.8 Å². The summed E-state index contributed by atoms with van der Waals surface area (Å²) in [7, 11) is -3.70. The number of nitrogens with one attached hydrogen (secondary N) is 1. The zero-order chi connectivity index (χ0) is 13.3. The van der Waals surface area contributed by atoms with E-state index in [1.165, 1.54) is 4.31 Å². The van der Waals surface area contributed by atoms with Crippen LogP contribution in [0.1, 0.15) is 19.8 Å². The van der Waals surface area contributed by atoms with Gasteiger partial charge in [-0.25, -0.2) is 0 Å². The first kappa shape index (κ1) is 13.4. The molecule has 2 saturated heterocycles. The quantitative estimate of drug-likeness (QED) is 0.650. The minimum Gasteiger partial charge on any atom is -0.294 e. The van der Waals surface area contributed by atoms with E-state index in [2.05, 4.69) is 5.32 Å². The monoisotopic (exact) mass is 275 g/mol. The third-order valence-corrected chi connectivity index (χ3v) is 5.09. The Hall–Kier alpha value is -0.990. The number of carbonyl (C=O) groups excluding carboxylic acids is 2. The van der Waals surface area contributed by atoms with Crippen molar-refractivity contribution in [1.29, 1.82) is 0 Å². The molecule has 2 amide bonds. The molecule has 2 aliphatic rings. The summed E-state index contributed by atoms with van der Waals surface area (Å²) in [5.41, 5.74) is 0. The third kappa shape index (κ3) is 2.70. The Morgan fingerprint density at radius 2 is 1.78 bits per heavy atom. The van der Waals surface area contributed by atoms with Gasteiger partial charge in [-0.2, -0.15) is 17.0 Å². The van der Waals surface area contributed by atoms with Crippen LogP contribution in [0.4, 0.5) is 0 Å². The maximum absolute atomic E-state index is 12.3. The lowest BCUT2D eigenvalue weighted by molar-refractivity contribution is -0.134. The molecule has 0 aromatic heterocycles. The molecule has 0 aromatic carbocycles. The lowest BCUT2D eigenvalue weighted by Crippen LogP contribution is -2.57. The second-order valence-electron chi connectivity index (χ2n) is 4.85. The Morgan fingerprint density at radius 1 is 1.17 bits per heavy atom. The van der Waals surface area contributed by atoms with Crippen LogP contribution in [0.25, 0.3) is 0 Å². The largest absolute Gasteiger partial charge is 0.294 e. The van der Waals surface area contributed by atoms with Gasteiger partial charge in [0.05, 0.1) is 13.1 Å². The lowest BCUT2D eigenvalue weighted by Gasteiger charge is -2.35. The molecular weight excluding hydrogens is 258 g/mol. The molecule has 1 unspecified atom stereocenters. The normalized spacial score (nSPS) is 28.2. The van der Waals surface area contributed by atoms with Crippen LogP contribution in [0, 0.1) is 5.92 Å². The number of piperidine rings is 1. The van der Waals surface area contributed by atoms with Crippen LogP contribution in [0.5, 0.6) is 0 Å². The van der Waals surface area contributed by atoms with E-state index in [-0.39, 0.29) is 13.1 Å². The van der Waals surface area contributed by atoms with Gasteiger partial charge in [-0.15, -0.1) is 0 Å². The van der Waals surface area contributed by atoms with Crippen molar-refractivity contribution in [3.05, 3.63) is 0 Å². The SMILES string of the molecule is CC1CCCN(S(=O)(=O)N2CC(=O)NC(=O)C2)C1. The first-order valence-electron chi connectivity index (χ1n) is 5.97. The molecule has 0 bridgehead atoms. The van der Waals surface area contributed by atoms with Gasteiger partial charge in [0.2, 0.25) is 11.8 Å². The van der Waals surface area contributed by atoms with Gasteiger partial charge < -0.3 is 0 Å². The van der Waals surface area contributed by atoms with Gasteiger partial charge in [0.15, 0.2) is 0 Å².